The van der Waals surface area contributed by atoms with E-state index in [-0.39, 0.29) is 13.4 Å². The van der Waals surface area contributed by atoms with Gasteiger partial charge >= 0.3 is 5.97 Å². The van der Waals surface area contributed by atoms with Gasteiger partial charge in [-0.3, -0.25) is 0 Å². The topological polar surface area (TPSA) is 68.9 Å². The SMILES string of the molecule is C=C(C)C(=O)OCOc1ccc2cc(-c3ccc(CCCO)cc3)oc2c1. The molecule has 0 saturated carbocycles. The van der Waals surface area contributed by atoms with Gasteiger partial charge in [-0.25, -0.2) is 4.79 Å². The molecule has 1 heterocycles. The predicted octanol–water partition coefficient (Wildman–Crippen LogP) is 4.48. The van der Waals surface area contributed by atoms with Crippen LogP contribution in [-0.2, 0) is 16.0 Å². The smallest absolute Gasteiger partial charge is 0.335 e. The van der Waals surface area contributed by atoms with Gasteiger partial charge in [0.2, 0.25) is 6.79 Å². The van der Waals surface area contributed by atoms with Gasteiger partial charge < -0.3 is 19.0 Å². The Morgan fingerprint density at radius 2 is 1.93 bits per heavy atom. The summed E-state index contributed by atoms with van der Waals surface area (Å²) < 4.78 is 16.3. The molecule has 0 saturated heterocycles. The molecule has 0 aliphatic carbocycles. The van der Waals surface area contributed by atoms with Crippen molar-refractivity contribution in [1.82, 2.24) is 0 Å². The lowest BCUT2D eigenvalue weighted by atomic mass is 10.1. The molecule has 1 aromatic heterocycles. The third-order valence-corrected chi connectivity index (χ3v) is 4.12. The van der Waals surface area contributed by atoms with Gasteiger partial charge in [-0.1, -0.05) is 30.8 Å². The number of furan rings is 1. The molecule has 1 N–H and O–H groups in total. The molecule has 2 aromatic carbocycles. The number of hydrogen-bond acceptors (Lipinski definition) is 5. The van der Waals surface area contributed by atoms with Crippen molar-refractivity contribution in [3.05, 3.63) is 66.2 Å². The second-order valence-electron chi connectivity index (χ2n) is 6.31. The van der Waals surface area contributed by atoms with E-state index >= 15 is 0 Å². The first-order valence-electron chi connectivity index (χ1n) is 8.76. The summed E-state index contributed by atoms with van der Waals surface area (Å²) in [7, 11) is 0. The molecule has 0 spiro atoms. The molecular formula is C22H22O5. The number of aliphatic hydroxyl groups excluding tert-OH is 1. The van der Waals surface area contributed by atoms with Crippen LogP contribution in [0.3, 0.4) is 0 Å². The number of esters is 1. The second kappa shape index (κ2) is 8.56. The summed E-state index contributed by atoms with van der Waals surface area (Å²) in [5.41, 5.74) is 3.19. The Morgan fingerprint density at radius 3 is 2.63 bits per heavy atom. The van der Waals surface area contributed by atoms with Crippen molar-refractivity contribution in [2.24, 2.45) is 0 Å². The third kappa shape index (κ3) is 4.77. The van der Waals surface area contributed by atoms with Crippen LogP contribution >= 0.6 is 0 Å². The van der Waals surface area contributed by atoms with Crippen LogP contribution in [0.15, 0.2) is 65.1 Å². The van der Waals surface area contributed by atoms with E-state index in [1.54, 1.807) is 19.1 Å². The standard InChI is InChI=1S/C22H22O5/c1-15(2)22(24)26-14-25-19-10-9-18-12-20(27-21(18)13-19)17-7-5-16(6-8-17)4-3-11-23/h5-10,12-13,23H,1,3-4,11,14H2,2H3. The summed E-state index contributed by atoms with van der Waals surface area (Å²) >= 11 is 0. The zero-order valence-electron chi connectivity index (χ0n) is 15.2. The van der Waals surface area contributed by atoms with Crippen molar-refractivity contribution < 1.29 is 23.8 Å². The number of carbonyl (C=O) groups is 1. The van der Waals surface area contributed by atoms with Crippen molar-refractivity contribution in [1.29, 1.82) is 0 Å². The summed E-state index contributed by atoms with van der Waals surface area (Å²) in [4.78, 5) is 11.4. The quantitative estimate of drug-likeness (QED) is 0.362. The van der Waals surface area contributed by atoms with Crippen molar-refractivity contribution in [3.63, 3.8) is 0 Å². The first-order valence-corrected chi connectivity index (χ1v) is 8.76. The summed E-state index contributed by atoms with van der Waals surface area (Å²) in [6.07, 6.45) is 1.61. The molecule has 3 rings (SSSR count). The first-order chi connectivity index (χ1) is 13.1. The molecule has 27 heavy (non-hydrogen) atoms. The lowest BCUT2D eigenvalue weighted by Gasteiger charge is -2.06. The van der Waals surface area contributed by atoms with Gasteiger partial charge in [0.1, 0.15) is 17.1 Å². The van der Waals surface area contributed by atoms with Crippen LogP contribution in [0, 0.1) is 0 Å². The van der Waals surface area contributed by atoms with E-state index < -0.39 is 5.97 Å². The summed E-state index contributed by atoms with van der Waals surface area (Å²) in [5, 5.41) is 9.87. The van der Waals surface area contributed by atoms with Crippen molar-refractivity contribution >= 4 is 16.9 Å². The maximum atomic E-state index is 11.4. The van der Waals surface area contributed by atoms with Crippen LogP contribution in [0.5, 0.6) is 5.75 Å². The number of ether oxygens (including phenoxy) is 2. The maximum Gasteiger partial charge on any atom is 0.335 e. The lowest BCUT2D eigenvalue weighted by molar-refractivity contribution is -0.145. The average Bonchev–Trinajstić information content (AvgIpc) is 3.10. The van der Waals surface area contributed by atoms with Crippen molar-refractivity contribution in [2.75, 3.05) is 13.4 Å². The zero-order valence-corrected chi connectivity index (χ0v) is 15.2. The van der Waals surface area contributed by atoms with Crippen molar-refractivity contribution in [3.8, 4) is 17.1 Å². The van der Waals surface area contributed by atoms with Crippen LogP contribution < -0.4 is 4.74 Å². The number of rotatable bonds is 8. The normalized spacial score (nSPS) is 10.7. The van der Waals surface area contributed by atoms with Crippen LogP contribution in [0.1, 0.15) is 18.9 Å². The van der Waals surface area contributed by atoms with Crippen LogP contribution in [0.25, 0.3) is 22.3 Å². The molecule has 0 bridgehead atoms. The summed E-state index contributed by atoms with van der Waals surface area (Å²) in [6.45, 7) is 5.11. The van der Waals surface area contributed by atoms with Gasteiger partial charge in [0.15, 0.2) is 0 Å². The molecule has 0 fully saturated rings. The van der Waals surface area contributed by atoms with E-state index in [1.165, 1.54) is 5.56 Å². The molecule has 0 amide bonds. The fourth-order valence-corrected chi connectivity index (χ4v) is 2.64. The predicted molar refractivity (Wildman–Crippen MR) is 103 cm³/mol. The Hall–Kier alpha value is -3.05. The number of carbonyl (C=O) groups excluding carboxylic acids is 1. The zero-order chi connectivity index (χ0) is 19.2. The molecule has 140 valence electrons. The minimum absolute atomic E-state index is 0.180. The van der Waals surface area contributed by atoms with Crippen molar-refractivity contribution in [2.45, 2.75) is 19.8 Å². The number of fused-ring (bicyclic) bond motifs is 1. The summed E-state index contributed by atoms with van der Waals surface area (Å²) in [6, 6.07) is 15.6. The highest BCUT2D eigenvalue weighted by atomic mass is 16.7. The highest BCUT2D eigenvalue weighted by Crippen LogP contribution is 2.30. The van der Waals surface area contributed by atoms with Crippen LogP contribution in [-0.4, -0.2) is 24.5 Å². The molecule has 0 aliphatic heterocycles. The molecule has 0 atom stereocenters. The Kier molecular flexibility index (Phi) is 5.94. The Labute approximate surface area is 157 Å². The van der Waals surface area contributed by atoms with Crippen LogP contribution in [0.4, 0.5) is 0 Å². The molecule has 0 aliphatic rings. The second-order valence-corrected chi connectivity index (χ2v) is 6.31. The van der Waals surface area contributed by atoms with Gasteiger partial charge in [0.05, 0.1) is 0 Å². The van der Waals surface area contributed by atoms with E-state index in [9.17, 15) is 4.79 Å². The highest BCUT2D eigenvalue weighted by Gasteiger charge is 2.09. The maximum absolute atomic E-state index is 11.4. The fraction of sp³-hybridized carbons (Fsp3) is 0.227. The number of hydrogen-bond donors (Lipinski definition) is 1. The summed E-state index contributed by atoms with van der Waals surface area (Å²) in [5.74, 6) is 0.834. The Morgan fingerprint density at radius 1 is 1.15 bits per heavy atom. The van der Waals surface area contributed by atoms with Gasteiger partial charge in [0, 0.05) is 29.2 Å². The van der Waals surface area contributed by atoms with Gasteiger partial charge in [-0.05, 0) is 43.5 Å². The molecule has 0 unspecified atom stereocenters. The van der Waals surface area contributed by atoms with E-state index in [4.69, 9.17) is 19.0 Å². The van der Waals surface area contributed by atoms with Gasteiger partial charge in [-0.2, -0.15) is 0 Å². The largest absolute Gasteiger partial charge is 0.457 e. The molecule has 5 heteroatoms. The Balaban J connectivity index is 1.70. The minimum atomic E-state index is -0.487. The van der Waals surface area contributed by atoms with E-state index in [2.05, 4.69) is 6.58 Å². The number of aliphatic hydroxyl groups is 1. The van der Waals surface area contributed by atoms with Crippen LogP contribution in [0.2, 0.25) is 0 Å². The van der Waals surface area contributed by atoms with E-state index in [1.807, 2.05) is 36.4 Å². The van der Waals surface area contributed by atoms with E-state index in [0.717, 1.165) is 29.6 Å². The average molecular weight is 366 g/mol. The van der Waals surface area contributed by atoms with E-state index in [0.29, 0.717) is 16.9 Å². The molecule has 5 nitrogen and oxygen atoms in total. The Bertz CT molecular complexity index is 937. The first kappa shape index (κ1) is 18.7. The lowest BCUT2D eigenvalue weighted by Crippen LogP contribution is -2.10. The fourth-order valence-electron chi connectivity index (χ4n) is 2.64. The van der Waals surface area contributed by atoms with Gasteiger partial charge in [-0.15, -0.1) is 0 Å². The monoisotopic (exact) mass is 366 g/mol. The minimum Gasteiger partial charge on any atom is -0.457 e. The highest BCUT2D eigenvalue weighted by molar-refractivity contribution is 5.87. The number of benzene rings is 2. The molecular weight excluding hydrogens is 344 g/mol. The number of aryl methyl sites for hydroxylation is 1. The van der Waals surface area contributed by atoms with Gasteiger partial charge in [0.25, 0.3) is 0 Å². The molecule has 0 radical (unpaired) electrons. The molecule has 3 aromatic rings. The third-order valence-electron chi connectivity index (χ3n) is 4.12.